The van der Waals surface area contributed by atoms with E-state index in [4.69, 9.17) is 4.74 Å². The third-order valence-electron chi connectivity index (χ3n) is 5.21. The first-order chi connectivity index (χ1) is 14.9. The molecule has 1 aliphatic rings. The van der Waals surface area contributed by atoms with E-state index < -0.39 is 0 Å². The van der Waals surface area contributed by atoms with Crippen LogP contribution in [0, 0.1) is 0 Å². The molecule has 2 aromatic carbocycles. The van der Waals surface area contributed by atoms with Crippen molar-refractivity contribution in [3.63, 3.8) is 0 Å². The third kappa shape index (κ3) is 9.24. The Morgan fingerprint density at radius 3 is 1.90 bits per heavy atom. The average molecular weight is 412 g/mol. The van der Waals surface area contributed by atoms with Gasteiger partial charge in [0.25, 0.3) is 0 Å². The topological polar surface area (TPSA) is 69.4 Å². The van der Waals surface area contributed by atoms with Crippen molar-refractivity contribution in [2.24, 2.45) is 0 Å². The Morgan fingerprint density at radius 2 is 1.23 bits per heavy atom. The zero-order valence-electron chi connectivity index (χ0n) is 18.0. The van der Waals surface area contributed by atoms with E-state index in [-0.39, 0.29) is 0 Å². The van der Waals surface area contributed by atoms with Crippen LogP contribution in [0.5, 0.6) is 5.75 Å². The Balaban J connectivity index is 1.46. The largest absolute Gasteiger partial charge is 0.489 e. The Morgan fingerprint density at radius 1 is 0.633 bits per heavy atom. The molecule has 1 aliphatic heterocycles. The van der Waals surface area contributed by atoms with Gasteiger partial charge in [-0.2, -0.15) is 0 Å². The fourth-order valence-electron chi connectivity index (χ4n) is 3.51. The molecule has 0 spiro atoms. The van der Waals surface area contributed by atoms with E-state index in [2.05, 4.69) is 63.0 Å². The highest BCUT2D eigenvalue weighted by Gasteiger charge is 2.09. The lowest BCUT2D eigenvalue weighted by Gasteiger charge is -2.20. The van der Waals surface area contributed by atoms with Gasteiger partial charge in [0.15, 0.2) is 0 Å². The Hall–Kier alpha value is -1.96. The maximum Gasteiger partial charge on any atom is 0.119 e. The summed E-state index contributed by atoms with van der Waals surface area (Å²) in [5.74, 6) is 0.916. The number of benzene rings is 2. The molecule has 0 saturated carbocycles. The molecule has 0 radical (unpaired) electrons. The van der Waals surface area contributed by atoms with E-state index in [0.29, 0.717) is 12.6 Å². The van der Waals surface area contributed by atoms with E-state index in [9.17, 15) is 0 Å². The fourth-order valence-corrected chi connectivity index (χ4v) is 3.51. The molecule has 0 aliphatic carbocycles. The van der Waals surface area contributed by atoms with Crippen molar-refractivity contribution in [2.45, 2.75) is 19.1 Å². The van der Waals surface area contributed by atoms with Crippen LogP contribution >= 0.6 is 0 Å². The summed E-state index contributed by atoms with van der Waals surface area (Å²) < 4.78 is 5.91. The highest BCUT2D eigenvalue weighted by atomic mass is 16.5. The molecule has 3 rings (SSSR count). The van der Waals surface area contributed by atoms with Crippen LogP contribution in [-0.2, 0) is 13.0 Å². The van der Waals surface area contributed by atoms with E-state index in [1.54, 1.807) is 0 Å². The molecule has 1 saturated heterocycles. The Bertz CT molecular complexity index is 664. The number of hydrogen-bond acceptors (Lipinski definition) is 6. The highest BCUT2D eigenvalue weighted by molar-refractivity contribution is 5.28. The van der Waals surface area contributed by atoms with Crippen LogP contribution in [0.3, 0.4) is 0 Å². The summed E-state index contributed by atoms with van der Waals surface area (Å²) in [6.07, 6.45) is 1.00. The maximum atomic E-state index is 5.91. The molecule has 164 valence electrons. The summed E-state index contributed by atoms with van der Waals surface area (Å²) in [5.41, 5.74) is 2.51. The fraction of sp³-hybridized carbons (Fsp3) is 0.500. The monoisotopic (exact) mass is 411 g/mol. The number of hydrogen-bond donors (Lipinski definition) is 5. The van der Waals surface area contributed by atoms with Crippen LogP contribution in [-0.4, -0.2) is 64.9 Å². The van der Waals surface area contributed by atoms with Gasteiger partial charge in [0.05, 0.1) is 0 Å². The first-order valence-corrected chi connectivity index (χ1v) is 11.2. The standard InChI is InChI=1S/C24H37N5O/c1-2-4-22(5-3-1)20-30-24-8-6-21(7-9-24)18-23-19-28-15-14-26-11-10-25-12-13-27-16-17-29-23/h1-9,23,25-29H,10-20H2. The van der Waals surface area contributed by atoms with Crippen LogP contribution in [0.1, 0.15) is 11.1 Å². The molecule has 0 amide bonds. The van der Waals surface area contributed by atoms with Gasteiger partial charge in [0.2, 0.25) is 0 Å². The molecule has 1 atom stereocenters. The molecule has 1 heterocycles. The maximum absolute atomic E-state index is 5.91. The summed E-state index contributed by atoms with van der Waals surface area (Å²) >= 11 is 0. The van der Waals surface area contributed by atoms with Gasteiger partial charge in [-0.05, 0) is 29.7 Å². The van der Waals surface area contributed by atoms with E-state index in [1.165, 1.54) is 11.1 Å². The second-order valence-electron chi connectivity index (χ2n) is 7.73. The molecular formula is C24H37N5O. The molecule has 0 aromatic heterocycles. The van der Waals surface area contributed by atoms with Gasteiger partial charge in [0.1, 0.15) is 12.4 Å². The van der Waals surface area contributed by atoms with Crippen LogP contribution in [0.4, 0.5) is 0 Å². The van der Waals surface area contributed by atoms with Gasteiger partial charge in [-0.1, -0.05) is 42.5 Å². The van der Waals surface area contributed by atoms with Crippen molar-refractivity contribution in [1.29, 1.82) is 0 Å². The van der Waals surface area contributed by atoms with Crippen LogP contribution < -0.4 is 31.3 Å². The van der Waals surface area contributed by atoms with Gasteiger partial charge < -0.3 is 31.3 Å². The zero-order valence-corrected chi connectivity index (χ0v) is 18.0. The smallest absolute Gasteiger partial charge is 0.119 e. The van der Waals surface area contributed by atoms with Gasteiger partial charge in [0, 0.05) is 64.9 Å². The number of ether oxygens (including phenoxy) is 1. The molecule has 1 fully saturated rings. The minimum absolute atomic E-state index is 0.408. The van der Waals surface area contributed by atoms with Crippen molar-refractivity contribution in [2.75, 3.05) is 58.9 Å². The van der Waals surface area contributed by atoms with Crippen molar-refractivity contribution >= 4 is 0 Å². The minimum Gasteiger partial charge on any atom is -0.489 e. The molecule has 6 heteroatoms. The molecule has 30 heavy (non-hydrogen) atoms. The molecule has 5 N–H and O–H groups in total. The number of nitrogens with one attached hydrogen (secondary N) is 5. The summed E-state index contributed by atoms with van der Waals surface area (Å²) in [6.45, 7) is 9.58. The van der Waals surface area contributed by atoms with Gasteiger partial charge >= 0.3 is 0 Å². The van der Waals surface area contributed by atoms with Gasteiger partial charge in [-0.3, -0.25) is 0 Å². The summed E-state index contributed by atoms with van der Waals surface area (Å²) in [6, 6.07) is 19.2. The molecule has 1 unspecified atom stereocenters. The van der Waals surface area contributed by atoms with Crippen LogP contribution in [0.15, 0.2) is 54.6 Å². The normalized spacial score (nSPS) is 20.1. The van der Waals surface area contributed by atoms with Crippen LogP contribution in [0.2, 0.25) is 0 Å². The van der Waals surface area contributed by atoms with E-state index in [0.717, 1.165) is 71.1 Å². The average Bonchev–Trinajstić information content (AvgIpc) is 2.80. The summed E-state index contributed by atoms with van der Waals surface area (Å²) in [7, 11) is 0. The Labute approximate surface area is 181 Å². The van der Waals surface area contributed by atoms with Crippen molar-refractivity contribution in [1.82, 2.24) is 26.6 Å². The van der Waals surface area contributed by atoms with Crippen molar-refractivity contribution in [3.05, 3.63) is 65.7 Å². The predicted octanol–water partition coefficient (Wildman–Crippen LogP) is 1.14. The predicted molar refractivity (Wildman–Crippen MR) is 124 cm³/mol. The highest BCUT2D eigenvalue weighted by Crippen LogP contribution is 2.15. The summed E-state index contributed by atoms with van der Waals surface area (Å²) in [5, 5.41) is 17.7. The van der Waals surface area contributed by atoms with Crippen molar-refractivity contribution < 1.29 is 4.74 Å². The first-order valence-electron chi connectivity index (χ1n) is 11.2. The van der Waals surface area contributed by atoms with Crippen LogP contribution in [0.25, 0.3) is 0 Å². The number of rotatable bonds is 5. The lowest BCUT2D eigenvalue weighted by Crippen LogP contribution is -2.44. The first kappa shape index (κ1) is 22.7. The van der Waals surface area contributed by atoms with E-state index >= 15 is 0 Å². The second kappa shape index (κ2) is 14.1. The second-order valence-corrected chi connectivity index (χ2v) is 7.73. The Kier molecular flexibility index (Phi) is 10.7. The zero-order chi connectivity index (χ0) is 20.7. The van der Waals surface area contributed by atoms with E-state index in [1.807, 2.05) is 18.2 Å². The lowest BCUT2D eigenvalue weighted by atomic mass is 10.1. The van der Waals surface area contributed by atoms with Gasteiger partial charge in [-0.25, -0.2) is 0 Å². The minimum atomic E-state index is 0.408. The summed E-state index contributed by atoms with van der Waals surface area (Å²) in [4.78, 5) is 0. The lowest BCUT2D eigenvalue weighted by molar-refractivity contribution is 0.306. The third-order valence-corrected chi connectivity index (χ3v) is 5.21. The molecule has 0 bridgehead atoms. The molecule has 2 aromatic rings. The quantitative estimate of drug-likeness (QED) is 0.508. The molecular weight excluding hydrogens is 374 g/mol. The van der Waals surface area contributed by atoms with Gasteiger partial charge in [-0.15, -0.1) is 0 Å². The van der Waals surface area contributed by atoms with Crippen molar-refractivity contribution in [3.8, 4) is 5.75 Å². The molecule has 6 nitrogen and oxygen atoms in total. The SMILES string of the molecule is c1ccc(COc2ccc(CC3CNCCNCCNCCNCCN3)cc2)cc1.